The molecule has 1 atom stereocenters. The van der Waals surface area contributed by atoms with Gasteiger partial charge in [-0.15, -0.1) is 5.10 Å². The van der Waals surface area contributed by atoms with Crippen molar-refractivity contribution in [2.24, 2.45) is 0 Å². The third-order valence-corrected chi connectivity index (χ3v) is 4.14. The quantitative estimate of drug-likeness (QED) is 0.626. The molecule has 3 heterocycles. The van der Waals surface area contributed by atoms with E-state index in [4.69, 9.17) is 9.90 Å². The molecule has 0 bridgehead atoms. The number of carboxylic acid groups (broad SMARTS) is 1. The Kier molecular flexibility index (Phi) is 5.63. The first-order valence-electron chi connectivity index (χ1n) is 8.59. The van der Waals surface area contributed by atoms with Crippen LogP contribution in [0.4, 0.5) is 0 Å². The fourth-order valence-corrected chi connectivity index (χ4v) is 2.93. The SMILES string of the molecule is CC(=O)O.OC1(Cn2ccnc2-c2cn(-c3ccccc3)nn2)CCNC1. The normalized spacial score (nSPS) is 18.7. The molecule has 9 nitrogen and oxygen atoms in total. The van der Waals surface area contributed by atoms with Crippen LogP contribution in [0.15, 0.2) is 48.9 Å². The lowest BCUT2D eigenvalue weighted by Crippen LogP contribution is -2.36. The molecule has 1 aliphatic rings. The van der Waals surface area contributed by atoms with Crippen molar-refractivity contribution in [1.82, 2.24) is 29.9 Å². The summed E-state index contributed by atoms with van der Waals surface area (Å²) >= 11 is 0. The summed E-state index contributed by atoms with van der Waals surface area (Å²) in [5, 5.41) is 29.6. The van der Waals surface area contributed by atoms with Crippen molar-refractivity contribution < 1.29 is 15.0 Å². The van der Waals surface area contributed by atoms with Crippen LogP contribution >= 0.6 is 0 Å². The van der Waals surface area contributed by atoms with Gasteiger partial charge in [-0.3, -0.25) is 4.79 Å². The first-order chi connectivity index (χ1) is 13.0. The Balaban J connectivity index is 0.000000481. The van der Waals surface area contributed by atoms with Crippen LogP contribution in [0, 0.1) is 0 Å². The van der Waals surface area contributed by atoms with Gasteiger partial charge in [0, 0.05) is 25.9 Å². The molecule has 4 rings (SSSR count). The molecule has 9 heteroatoms. The third-order valence-electron chi connectivity index (χ3n) is 4.14. The van der Waals surface area contributed by atoms with Gasteiger partial charge < -0.3 is 20.1 Å². The molecular formula is C18H22N6O3. The first kappa shape index (κ1) is 18.7. The maximum Gasteiger partial charge on any atom is 0.300 e. The average molecular weight is 370 g/mol. The number of aliphatic hydroxyl groups is 1. The molecule has 1 aliphatic heterocycles. The summed E-state index contributed by atoms with van der Waals surface area (Å²) in [7, 11) is 0. The van der Waals surface area contributed by atoms with Crippen LogP contribution in [-0.4, -0.2) is 59.4 Å². The number of aromatic nitrogens is 5. The van der Waals surface area contributed by atoms with Crippen LogP contribution in [-0.2, 0) is 11.3 Å². The number of rotatable bonds is 4. The van der Waals surface area contributed by atoms with Crippen LogP contribution in [0.5, 0.6) is 0 Å². The predicted molar refractivity (Wildman–Crippen MR) is 98.3 cm³/mol. The lowest BCUT2D eigenvalue weighted by Gasteiger charge is -2.22. The Labute approximate surface area is 156 Å². The van der Waals surface area contributed by atoms with Crippen molar-refractivity contribution >= 4 is 5.97 Å². The van der Waals surface area contributed by atoms with E-state index < -0.39 is 11.6 Å². The van der Waals surface area contributed by atoms with Gasteiger partial charge in [-0.05, 0) is 25.1 Å². The largest absolute Gasteiger partial charge is 0.481 e. The highest BCUT2D eigenvalue weighted by molar-refractivity contribution is 5.62. The molecule has 0 spiro atoms. The molecule has 3 N–H and O–H groups in total. The van der Waals surface area contributed by atoms with E-state index >= 15 is 0 Å². The van der Waals surface area contributed by atoms with E-state index in [0.717, 1.165) is 25.6 Å². The van der Waals surface area contributed by atoms with Crippen molar-refractivity contribution in [2.75, 3.05) is 13.1 Å². The Morgan fingerprint density at radius 3 is 2.74 bits per heavy atom. The molecule has 27 heavy (non-hydrogen) atoms. The summed E-state index contributed by atoms with van der Waals surface area (Å²) < 4.78 is 3.66. The highest BCUT2D eigenvalue weighted by Crippen LogP contribution is 2.22. The van der Waals surface area contributed by atoms with Gasteiger partial charge in [-0.25, -0.2) is 9.67 Å². The number of hydrogen-bond acceptors (Lipinski definition) is 6. The van der Waals surface area contributed by atoms with Crippen LogP contribution in [0.2, 0.25) is 0 Å². The number of hydrogen-bond donors (Lipinski definition) is 3. The molecule has 1 unspecified atom stereocenters. The number of aliphatic carboxylic acids is 1. The van der Waals surface area contributed by atoms with Gasteiger partial charge in [0.15, 0.2) is 5.82 Å². The molecule has 1 saturated heterocycles. The maximum absolute atomic E-state index is 10.6. The monoisotopic (exact) mass is 370 g/mol. The number of benzene rings is 1. The van der Waals surface area contributed by atoms with Gasteiger partial charge in [0.25, 0.3) is 5.97 Å². The average Bonchev–Trinajstić information content (AvgIpc) is 3.36. The molecule has 1 aromatic carbocycles. The minimum atomic E-state index is -0.833. The van der Waals surface area contributed by atoms with Crippen molar-refractivity contribution in [3.05, 3.63) is 48.9 Å². The second-order valence-electron chi connectivity index (χ2n) is 6.43. The summed E-state index contributed by atoms with van der Waals surface area (Å²) in [5.74, 6) is -0.118. The standard InChI is InChI=1S/C16H18N6O.C2H4O2/c23-16(6-7-17-11-16)12-21-9-8-18-15(21)14-10-22(20-19-14)13-4-2-1-3-5-13;1-2(3)4/h1-5,8-10,17,23H,6-7,11-12H2;1H3,(H,3,4). The van der Waals surface area contributed by atoms with Crippen LogP contribution in [0.25, 0.3) is 17.2 Å². The molecule has 1 fully saturated rings. The summed E-state index contributed by atoms with van der Waals surface area (Å²) in [6.45, 7) is 3.01. The topological polar surface area (TPSA) is 118 Å². The summed E-state index contributed by atoms with van der Waals surface area (Å²) in [6.07, 6.45) is 6.18. The Morgan fingerprint density at radius 1 is 1.33 bits per heavy atom. The molecule has 0 aliphatic carbocycles. The van der Waals surface area contributed by atoms with Gasteiger partial charge in [-0.1, -0.05) is 23.4 Å². The zero-order chi connectivity index (χ0) is 19.3. The number of carboxylic acids is 1. The van der Waals surface area contributed by atoms with E-state index in [9.17, 15) is 5.11 Å². The molecule has 3 aromatic rings. The fraction of sp³-hybridized carbons (Fsp3) is 0.333. The summed E-state index contributed by atoms with van der Waals surface area (Å²) in [5.41, 5.74) is 0.904. The minimum Gasteiger partial charge on any atom is -0.481 e. The molecule has 0 amide bonds. The Bertz CT molecular complexity index is 879. The van der Waals surface area contributed by atoms with E-state index in [1.54, 1.807) is 10.9 Å². The number of carbonyl (C=O) groups is 1. The molecule has 0 radical (unpaired) electrons. The van der Waals surface area contributed by atoms with Gasteiger partial charge >= 0.3 is 0 Å². The number of nitrogens with one attached hydrogen (secondary N) is 1. The lowest BCUT2D eigenvalue weighted by atomic mass is 10.0. The molecule has 2 aromatic heterocycles. The van der Waals surface area contributed by atoms with Crippen LogP contribution in [0.1, 0.15) is 13.3 Å². The van der Waals surface area contributed by atoms with Gasteiger partial charge in [0.1, 0.15) is 5.69 Å². The van der Waals surface area contributed by atoms with Crippen molar-refractivity contribution in [3.8, 4) is 17.2 Å². The number of β-amino-alcohol motifs (C(OH)–C–C–N with tert-alkyl or cyclic N) is 1. The van der Waals surface area contributed by atoms with E-state index in [0.29, 0.717) is 24.6 Å². The van der Waals surface area contributed by atoms with Crippen molar-refractivity contribution in [2.45, 2.75) is 25.5 Å². The molecular weight excluding hydrogens is 348 g/mol. The molecule has 142 valence electrons. The predicted octanol–water partition coefficient (Wildman–Crippen LogP) is 0.946. The van der Waals surface area contributed by atoms with Gasteiger partial charge in [0.05, 0.1) is 24.0 Å². The second kappa shape index (κ2) is 8.11. The summed E-state index contributed by atoms with van der Waals surface area (Å²) in [4.78, 5) is 13.4. The maximum atomic E-state index is 10.6. The smallest absolute Gasteiger partial charge is 0.300 e. The second-order valence-corrected chi connectivity index (χ2v) is 6.43. The van der Waals surface area contributed by atoms with Gasteiger partial charge in [-0.2, -0.15) is 0 Å². The van der Waals surface area contributed by atoms with Crippen molar-refractivity contribution in [3.63, 3.8) is 0 Å². The van der Waals surface area contributed by atoms with E-state index in [-0.39, 0.29) is 0 Å². The van der Waals surface area contributed by atoms with E-state index in [1.807, 2.05) is 47.3 Å². The first-order valence-corrected chi connectivity index (χ1v) is 8.59. The van der Waals surface area contributed by atoms with Crippen LogP contribution in [0.3, 0.4) is 0 Å². The molecule has 0 saturated carbocycles. The Morgan fingerprint density at radius 2 is 2.07 bits per heavy atom. The van der Waals surface area contributed by atoms with Crippen LogP contribution < -0.4 is 5.32 Å². The van der Waals surface area contributed by atoms with Crippen molar-refractivity contribution in [1.29, 1.82) is 0 Å². The number of imidazole rings is 1. The highest BCUT2D eigenvalue weighted by atomic mass is 16.4. The van der Waals surface area contributed by atoms with E-state index in [1.165, 1.54) is 0 Å². The zero-order valence-corrected chi connectivity index (χ0v) is 15.0. The zero-order valence-electron chi connectivity index (χ0n) is 15.0. The lowest BCUT2D eigenvalue weighted by molar-refractivity contribution is -0.134. The highest BCUT2D eigenvalue weighted by Gasteiger charge is 2.32. The van der Waals surface area contributed by atoms with Gasteiger partial charge in [0.2, 0.25) is 0 Å². The minimum absolute atomic E-state index is 0.494. The summed E-state index contributed by atoms with van der Waals surface area (Å²) in [6, 6.07) is 9.82. The van der Waals surface area contributed by atoms with E-state index in [2.05, 4.69) is 20.6 Å². The Hall–Kier alpha value is -3.04. The fourth-order valence-electron chi connectivity index (χ4n) is 2.93. The third kappa shape index (κ3) is 4.78. The number of nitrogens with zero attached hydrogens (tertiary/aromatic N) is 5. The number of para-hydroxylation sites is 1.